The van der Waals surface area contributed by atoms with Crippen molar-refractivity contribution in [2.45, 2.75) is 39.0 Å². The number of rotatable bonds is 5. The number of aryl methyl sites for hydroxylation is 1. The van der Waals surface area contributed by atoms with Gasteiger partial charge in [0, 0.05) is 25.2 Å². The standard InChI is InChI=1S/C20H25N5O/c1-2-6-15-12-18(24-23-15)20(26)25-10-5-7-14(13-25)11-19-21-16-8-3-4-9-17(16)22-19/h3-4,8-9,12,14H,2,5-7,10-11,13H2,1H3,(H,21,22)(H,23,24)/t14-/m1/s1. The van der Waals surface area contributed by atoms with E-state index in [0.29, 0.717) is 11.6 Å². The van der Waals surface area contributed by atoms with Crippen LogP contribution in [0.1, 0.15) is 48.2 Å². The van der Waals surface area contributed by atoms with Crippen molar-refractivity contribution in [2.75, 3.05) is 13.1 Å². The summed E-state index contributed by atoms with van der Waals surface area (Å²) in [5, 5.41) is 7.19. The Hall–Kier alpha value is -2.63. The highest BCUT2D eigenvalue weighted by Gasteiger charge is 2.26. The number of carbonyl (C=O) groups is 1. The molecule has 6 nitrogen and oxygen atoms in total. The molecule has 1 aliphatic heterocycles. The molecule has 1 saturated heterocycles. The fourth-order valence-electron chi connectivity index (χ4n) is 3.82. The number of para-hydroxylation sites is 2. The van der Waals surface area contributed by atoms with Crippen LogP contribution < -0.4 is 0 Å². The molecule has 3 aromatic rings. The lowest BCUT2D eigenvalue weighted by atomic mass is 9.94. The molecule has 2 N–H and O–H groups in total. The molecule has 1 atom stereocenters. The van der Waals surface area contributed by atoms with E-state index in [1.54, 1.807) is 0 Å². The van der Waals surface area contributed by atoms with Gasteiger partial charge in [-0.15, -0.1) is 0 Å². The molecule has 0 bridgehead atoms. The number of benzene rings is 1. The first-order chi connectivity index (χ1) is 12.7. The molecular formula is C20H25N5O. The average Bonchev–Trinajstić information content (AvgIpc) is 3.28. The zero-order chi connectivity index (χ0) is 17.9. The number of hydrogen-bond donors (Lipinski definition) is 2. The molecule has 1 fully saturated rings. The molecule has 1 aliphatic rings. The Morgan fingerprint density at radius 3 is 3.08 bits per heavy atom. The lowest BCUT2D eigenvalue weighted by Gasteiger charge is -2.32. The second-order valence-electron chi connectivity index (χ2n) is 7.19. The molecule has 1 aromatic carbocycles. The van der Waals surface area contributed by atoms with Gasteiger partial charge in [-0.2, -0.15) is 5.10 Å². The van der Waals surface area contributed by atoms with Gasteiger partial charge in [0.15, 0.2) is 0 Å². The summed E-state index contributed by atoms with van der Waals surface area (Å²) in [4.78, 5) is 22.8. The summed E-state index contributed by atoms with van der Waals surface area (Å²) in [6, 6.07) is 9.99. The maximum absolute atomic E-state index is 12.8. The normalized spacial score (nSPS) is 17.7. The van der Waals surface area contributed by atoms with Gasteiger partial charge < -0.3 is 9.88 Å². The Kier molecular flexibility index (Phi) is 4.73. The molecule has 26 heavy (non-hydrogen) atoms. The number of nitrogens with zero attached hydrogens (tertiary/aromatic N) is 3. The van der Waals surface area contributed by atoms with Crippen molar-refractivity contribution < 1.29 is 4.79 Å². The van der Waals surface area contributed by atoms with Crippen molar-refractivity contribution >= 4 is 16.9 Å². The van der Waals surface area contributed by atoms with E-state index in [2.05, 4.69) is 27.1 Å². The first-order valence-electron chi connectivity index (χ1n) is 9.50. The minimum atomic E-state index is 0.0397. The van der Waals surface area contributed by atoms with E-state index >= 15 is 0 Å². The number of imidazole rings is 1. The molecule has 4 rings (SSSR count). The van der Waals surface area contributed by atoms with Crippen molar-refractivity contribution in [3.8, 4) is 0 Å². The summed E-state index contributed by atoms with van der Waals surface area (Å²) >= 11 is 0. The second kappa shape index (κ2) is 7.32. The Morgan fingerprint density at radius 1 is 1.35 bits per heavy atom. The van der Waals surface area contributed by atoms with E-state index in [-0.39, 0.29) is 5.91 Å². The Morgan fingerprint density at radius 2 is 2.23 bits per heavy atom. The Balaban J connectivity index is 1.42. The van der Waals surface area contributed by atoms with Gasteiger partial charge in [-0.25, -0.2) is 4.98 Å². The predicted molar refractivity (Wildman–Crippen MR) is 101 cm³/mol. The fraction of sp³-hybridized carbons (Fsp3) is 0.450. The minimum absolute atomic E-state index is 0.0397. The van der Waals surface area contributed by atoms with Crippen LogP contribution in [0.2, 0.25) is 0 Å². The summed E-state index contributed by atoms with van der Waals surface area (Å²) in [6.45, 7) is 3.70. The molecular weight excluding hydrogens is 326 g/mol. The van der Waals surface area contributed by atoms with Crippen LogP contribution in [0.5, 0.6) is 0 Å². The second-order valence-corrected chi connectivity index (χ2v) is 7.19. The summed E-state index contributed by atoms with van der Waals surface area (Å²) < 4.78 is 0. The number of likely N-dealkylation sites (tertiary alicyclic amines) is 1. The molecule has 3 heterocycles. The van der Waals surface area contributed by atoms with E-state index in [1.165, 1.54) is 0 Å². The third-order valence-corrected chi connectivity index (χ3v) is 5.10. The van der Waals surface area contributed by atoms with E-state index in [0.717, 1.165) is 67.7 Å². The Bertz CT molecular complexity index is 863. The lowest BCUT2D eigenvalue weighted by Crippen LogP contribution is -2.40. The predicted octanol–water partition coefficient (Wildman–Crippen LogP) is 3.33. The van der Waals surface area contributed by atoms with Crippen LogP contribution in [-0.4, -0.2) is 44.1 Å². The third-order valence-electron chi connectivity index (χ3n) is 5.10. The minimum Gasteiger partial charge on any atom is -0.342 e. The highest BCUT2D eigenvalue weighted by Crippen LogP contribution is 2.22. The highest BCUT2D eigenvalue weighted by atomic mass is 16.2. The molecule has 0 spiro atoms. The van der Waals surface area contributed by atoms with Crippen molar-refractivity contribution in [3.05, 3.63) is 47.5 Å². The smallest absolute Gasteiger partial charge is 0.274 e. The van der Waals surface area contributed by atoms with Crippen LogP contribution in [0.4, 0.5) is 0 Å². The zero-order valence-electron chi connectivity index (χ0n) is 15.2. The van der Waals surface area contributed by atoms with Crippen LogP contribution in [0.3, 0.4) is 0 Å². The largest absolute Gasteiger partial charge is 0.342 e. The summed E-state index contributed by atoms with van der Waals surface area (Å²) in [5.41, 5.74) is 3.65. The first-order valence-corrected chi connectivity index (χ1v) is 9.50. The monoisotopic (exact) mass is 351 g/mol. The van der Waals surface area contributed by atoms with Gasteiger partial charge in [-0.05, 0) is 43.4 Å². The lowest BCUT2D eigenvalue weighted by molar-refractivity contribution is 0.0666. The number of H-pyrrole nitrogens is 2. The molecule has 6 heteroatoms. The van der Waals surface area contributed by atoms with Crippen molar-refractivity contribution in [3.63, 3.8) is 0 Å². The van der Waals surface area contributed by atoms with E-state index in [1.807, 2.05) is 35.2 Å². The van der Waals surface area contributed by atoms with Crippen LogP contribution in [0.25, 0.3) is 11.0 Å². The van der Waals surface area contributed by atoms with Gasteiger partial charge in [-0.3, -0.25) is 9.89 Å². The van der Waals surface area contributed by atoms with Gasteiger partial charge in [0.1, 0.15) is 11.5 Å². The quantitative estimate of drug-likeness (QED) is 0.740. The van der Waals surface area contributed by atoms with Crippen LogP contribution in [0, 0.1) is 5.92 Å². The number of fused-ring (bicyclic) bond motifs is 1. The maximum atomic E-state index is 12.8. The summed E-state index contributed by atoms with van der Waals surface area (Å²) in [6.07, 6.45) is 5.00. The zero-order valence-corrected chi connectivity index (χ0v) is 15.2. The van der Waals surface area contributed by atoms with E-state index in [4.69, 9.17) is 0 Å². The molecule has 2 aromatic heterocycles. The first kappa shape index (κ1) is 16.8. The molecule has 0 unspecified atom stereocenters. The molecule has 0 aliphatic carbocycles. The summed E-state index contributed by atoms with van der Waals surface area (Å²) in [7, 11) is 0. The SMILES string of the molecule is CCCc1cc(C(=O)N2CCC[C@H](Cc3nc4ccccc4[nH]3)C2)n[nH]1. The van der Waals surface area contributed by atoms with Crippen molar-refractivity contribution in [1.29, 1.82) is 0 Å². The number of aromatic nitrogens is 4. The Labute approximate surface area is 153 Å². The topological polar surface area (TPSA) is 77.7 Å². The average molecular weight is 351 g/mol. The van der Waals surface area contributed by atoms with E-state index < -0.39 is 0 Å². The van der Waals surface area contributed by atoms with Crippen LogP contribution in [0.15, 0.2) is 30.3 Å². The van der Waals surface area contributed by atoms with Gasteiger partial charge in [0.05, 0.1) is 11.0 Å². The third kappa shape index (κ3) is 3.49. The van der Waals surface area contributed by atoms with Gasteiger partial charge in [-0.1, -0.05) is 25.5 Å². The van der Waals surface area contributed by atoms with Gasteiger partial charge in [0.25, 0.3) is 5.91 Å². The molecule has 0 saturated carbocycles. The molecule has 136 valence electrons. The van der Waals surface area contributed by atoms with Gasteiger partial charge in [0.2, 0.25) is 0 Å². The fourth-order valence-corrected chi connectivity index (χ4v) is 3.82. The van der Waals surface area contributed by atoms with Gasteiger partial charge >= 0.3 is 0 Å². The molecule has 1 amide bonds. The van der Waals surface area contributed by atoms with E-state index in [9.17, 15) is 4.79 Å². The van der Waals surface area contributed by atoms with Crippen LogP contribution >= 0.6 is 0 Å². The summed E-state index contributed by atoms with van der Waals surface area (Å²) in [5.74, 6) is 1.48. The van der Waals surface area contributed by atoms with Crippen molar-refractivity contribution in [1.82, 2.24) is 25.1 Å². The number of piperidine rings is 1. The molecule has 0 radical (unpaired) electrons. The number of amides is 1. The maximum Gasteiger partial charge on any atom is 0.274 e. The number of carbonyl (C=O) groups excluding carboxylic acids is 1. The number of aromatic amines is 2. The number of nitrogens with one attached hydrogen (secondary N) is 2. The van der Waals surface area contributed by atoms with Crippen molar-refractivity contribution in [2.24, 2.45) is 5.92 Å². The highest BCUT2D eigenvalue weighted by molar-refractivity contribution is 5.92. The number of hydrogen-bond acceptors (Lipinski definition) is 3. The van der Waals surface area contributed by atoms with Crippen LogP contribution in [-0.2, 0) is 12.8 Å².